The molecule has 23 heavy (non-hydrogen) atoms. The van der Waals surface area contributed by atoms with Gasteiger partial charge in [-0.15, -0.1) is 0 Å². The average Bonchev–Trinajstić information content (AvgIpc) is 3.11. The van der Waals surface area contributed by atoms with Crippen LogP contribution >= 0.6 is 0 Å². The van der Waals surface area contributed by atoms with Crippen molar-refractivity contribution in [3.8, 4) is 0 Å². The fourth-order valence-corrected chi connectivity index (χ4v) is 4.36. The quantitative estimate of drug-likeness (QED) is 0.874. The molecule has 0 aliphatic heterocycles. The zero-order chi connectivity index (χ0) is 16.0. The van der Waals surface area contributed by atoms with E-state index in [1.54, 1.807) is 14.2 Å². The van der Waals surface area contributed by atoms with Gasteiger partial charge in [0.1, 0.15) is 5.60 Å². The second-order valence-corrected chi connectivity index (χ2v) is 6.41. The van der Waals surface area contributed by atoms with Crippen LogP contribution in [0.4, 0.5) is 0 Å². The van der Waals surface area contributed by atoms with E-state index in [1.165, 1.54) is 11.1 Å². The molecule has 0 radical (unpaired) electrons. The maximum absolute atomic E-state index is 13.2. The molecule has 2 aliphatic rings. The van der Waals surface area contributed by atoms with Gasteiger partial charge in [-0.25, -0.2) is 0 Å². The topological polar surface area (TPSA) is 35.5 Å². The second-order valence-electron chi connectivity index (χ2n) is 6.41. The number of Topliss-reactive ketones (excluding diaryl/α,β-unsaturated/α-hetero) is 1. The molecule has 118 valence electrons. The summed E-state index contributed by atoms with van der Waals surface area (Å²) in [6.45, 7) is 0. The first kappa shape index (κ1) is 14.6. The Hall–Kier alpha value is -1.97. The van der Waals surface area contributed by atoms with Crippen molar-refractivity contribution in [2.24, 2.45) is 0 Å². The van der Waals surface area contributed by atoms with Crippen LogP contribution in [0.15, 0.2) is 48.5 Å². The normalized spacial score (nSPS) is 28.7. The van der Waals surface area contributed by atoms with Gasteiger partial charge in [0.05, 0.1) is 6.10 Å². The lowest BCUT2D eigenvalue weighted by Gasteiger charge is -2.36. The molecule has 3 nitrogen and oxygen atoms in total. The van der Waals surface area contributed by atoms with Crippen LogP contribution in [0, 0.1) is 0 Å². The molecule has 0 fully saturated rings. The standard InChI is InChI=1S/C20H20O3/c1-22-17-11-13-7-3-5-9-15(13)18(17)20(23-2)12-14-8-4-6-10-16(14)19(20)21/h3-10,17-18H,11-12H2,1-2H3. The van der Waals surface area contributed by atoms with Gasteiger partial charge in [-0.05, 0) is 23.1 Å². The third-order valence-electron chi connectivity index (χ3n) is 5.45. The lowest BCUT2D eigenvalue weighted by molar-refractivity contribution is -0.0457. The van der Waals surface area contributed by atoms with Gasteiger partial charge >= 0.3 is 0 Å². The van der Waals surface area contributed by atoms with Crippen LogP contribution in [-0.2, 0) is 22.3 Å². The van der Waals surface area contributed by atoms with Crippen molar-refractivity contribution >= 4 is 5.78 Å². The van der Waals surface area contributed by atoms with Crippen molar-refractivity contribution in [3.05, 3.63) is 70.8 Å². The van der Waals surface area contributed by atoms with Gasteiger partial charge in [0, 0.05) is 32.1 Å². The van der Waals surface area contributed by atoms with E-state index in [4.69, 9.17) is 9.47 Å². The number of ketones is 1. The minimum atomic E-state index is -0.864. The number of benzene rings is 2. The zero-order valence-corrected chi connectivity index (χ0v) is 13.4. The molecule has 0 heterocycles. The van der Waals surface area contributed by atoms with Crippen molar-refractivity contribution in [1.29, 1.82) is 0 Å². The molecule has 2 aromatic rings. The summed E-state index contributed by atoms with van der Waals surface area (Å²) >= 11 is 0. The number of methoxy groups -OCH3 is 2. The molecule has 0 saturated heterocycles. The molecule has 0 amide bonds. The number of hydrogen-bond donors (Lipinski definition) is 0. The smallest absolute Gasteiger partial charge is 0.195 e. The molecule has 2 aliphatic carbocycles. The Kier molecular flexibility index (Phi) is 3.36. The van der Waals surface area contributed by atoms with E-state index in [0.29, 0.717) is 6.42 Å². The SMILES string of the molecule is COC1Cc2ccccc2C1C1(OC)Cc2ccccc2C1=O. The molecule has 0 spiro atoms. The fraction of sp³-hybridized carbons (Fsp3) is 0.350. The van der Waals surface area contributed by atoms with E-state index >= 15 is 0 Å². The van der Waals surface area contributed by atoms with Crippen molar-refractivity contribution < 1.29 is 14.3 Å². The van der Waals surface area contributed by atoms with Gasteiger partial charge in [0.15, 0.2) is 5.78 Å². The van der Waals surface area contributed by atoms with E-state index in [2.05, 4.69) is 12.1 Å². The van der Waals surface area contributed by atoms with Gasteiger partial charge < -0.3 is 9.47 Å². The van der Waals surface area contributed by atoms with E-state index in [1.807, 2.05) is 36.4 Å². The Morgan fingerprint density at radius 1 is 1.00 bits per heavy atom. The maximum Gasteiger partial charge on any atom is 0.195 e. The van der Waals surface area contributed by atoms with Crippen LogP contribution in [-0.4, -0.2) is 31.7 Å². The number of hydrogen-bond acceptors (Lipinski definition) is 3. The van der Waals surface area contributed by atoms with E-state index in [9.17, 15) is 4.79 Å². The summed E-state index contributed by atoms with van der Waals surface area (Å²) in [4.78, 5) is 13.2. The predicted molar refractivity (Wildman–Crippen MR) is 87.9 cm³/mol. The Morgan fingerprint density at radius 3 is 2.39 bits per heavy atom. The first-order valence-corrected chi connectivity index (χ1v) is 7.99. The van der Waals surface area contributed by atoms with Crippen LogP contribution in [0.25, 0.3) is 0 Å². The molecular weight excluding hydrogens is 288 g/mol. The van der Waals surface area contributed by atoms with Crippen LogP contribution in [0.3, 0.4) is 0 Å². The Bertz CT molecular complexity index is 767. The van der Waals surface area contributed by atoms with Crippen molar-refractivity contribution in [3.63, 3.8) is 0 Å². The van der Waals surface area contributed by atoms with Gasteiger partial charge in [0.25, 0.3) is 0 Å². The highest BCUT2D eigenvalue weighted by molar-refractivity contribution is 6.07. The first-order valence-electron chi connectivity index (χ1n) is 7.99. The molecule has 3 atom stereocenters. The summed E-state index contributed by atoms with van der Waals surface area (Å²) < 4.78 is 11.7. The largest absolute Gasteiger partial charge is 0.380 e. The first-order chi connectivity index (χ1) is 11.2. The summed E-state index contributed by atoms with van der Waals surface area (Å²) in [5, 5.41) is 0. The third kappa shape index (κ3) is 1.93. The fourth-order valence-electron chi connectivity index (χ4n) is 4.36. The Balaban J connectivity index is 1.86. The van der Waals surface area contributed by atoms with Crippen LogP contribution in [0.1, 0.15) is 33.0 Å². The zero-order valence-electron chi connectivity index (χ0n) is 13.4. The van der Waals surface area contributed by atoms with E-state index in [0.717, 1.165) is 17.5 Å². The summed E-state index contributed by atoms with van der Waals surface area (Å²) in [5.41, 5.74) is 3.43. The maximum atomic E-state index is 13.2. The van der Waals surface area contributed by atoms with Gasteiger partial charge in [-0.2, -0.15) is 0 Å². The molecule has 3 heteroatoms. The van der Waals surface area contributed by atoms with Crippen molar-refractivity contribution in [1.82, 2.24) is 0 Å². The highest BCUT2D eigenvalue weighted by Gasteiger charge is 2.56. The number of fused-ring (bicyclic) bond motifs is 2. The minimum Gasteiger partial charge on any atom is -0.380 e. The molecule has 0 aromatic heterocycles. The minimum absolute atomic E-state index is 0.0365. The van der Waals surface area contributed by atoms with Gasteiger partial charge in [0.2, 0.25) is 0 Å². The lowest BCUT2D eigenvalue weighted by Crippen LogP contribution is -2.48. The highest BCUT2D eigenvalue weighted by atomic mass is 16.5. The molecule has 2 aromatic carbocycles. The number of carbonyl (C=O) groups excluding carboxylic acids is 1. The monoisotopic (exact) mass is 308 g/mol. The van der Waals surface area contributed by atoms with Gasteiger partial charge in [-0.1, -0.05) is 48.5 Å². The summed E-state index contributed by atoms with van der Waals surface area (Å²) in [5.74, 6) is 0.00736. The predicted octanol–water partition coefficient (Wildman–Crippen LogP) is 3.17. The molecule has 0 bridgehead atoms. The summed E-state index contributed by atoms with van der Waals surface area (Å²) in [6.07, 6.45) is 1.40. The molecule has 0 saturated carbocycles. The molecule has 3 unspecified atom stereocenters. The van der Waals surface area contributed by atoms with Crippen LogP contribution < -0.4 is 0 Å². The number of carbonyl (C=O) groups is 1. The summed E-state index contributed by atoms with van der Waals surface area (Å²) in [6, 6.07) is 16.1. The third-order valence-corrected chi connectivity index (χ3v) is 5.45. The van der Waals surface area contributed by atoms with Crippen molar-refractivity contribution in [2.45, 2.75) is 30.5 Å². The lowest BCUT2D eigenvalue weighted by atomic mass is 9.78. The molecule has 4 rings (SSSR count). The van der Waals surface area contributed by atoms with Gasteiger partial charge in [-0.3, -0.25) is 4.79 Å². The van der Waals surface area contributed by atoms with Crippen molar-refractivity contribution in [2.75, 3.05) is 14.2 Å². The van der Waals surface area contributed by atoms with Crippen LogP contribution in [0.5, 0.6) is 0 Å². The number of rotatable bonds is 3. The molecule has 0 N–H and O–H groups in total. The number of ether oxygens (including phenoxy) is 2. The summed E-state index contributed by atoms with van der Waals surface area (Å²) in [7, 11) is 3.37. The average molecular weight is 308 g/mol. The van der Waals surface area contributed by atoms with E-state index in [-0.39, 0.29) is 17.8 Å². The second kappa shape index (κ2) is 5.29. The Labute approximate surface area is 136 Å². The van der Waals surface area contributed by atoms with Crippen LogP contribution in [0.2, 0.25) is 0 Å². The highest BCUT2D eigenvalue weighted by Crippen LogP contribution is 2.49. The Morgan fingerprint density at radius 2 is 1.70 bits per heavy atom. The van der Waals surface area contributed by atoms with E-state index < -0.39 is 5.60 Å². The molecular formula is C20H20O3.